The smallest absolute Gasteiger partial charge is 0.250 e. The summed E-state index contributed by atoms with van der Waals surface area (Å²) in [5.41, 5.74) is 0. The second kappa shape index (κ2) is 7.06. The number of thiophene rings is 1. The van der Waals surface area contributed by atoms with Gasteiger partial charge in [0.2, 0.25) is 10.0 Å². The summed E-state index contributed by atoms with van der Waals surface area (Å²) in [4.78, 5) is 5.24. The van der Waals surface area contributed by atoms with Crippen LogP contribution in [0.1, 0.15) is 4.88 Å². The van der Waals surface area contributed by atoms with E-state index in [0.29, 0.717) is 21.7 Å². The summed E-state index contributed by atoms with van der Waals surface area (Å²) in [6, 6.07) is 13.0. The number of aromatic nitrogens is 1. The number of nitrogens with one attached hydrogen (secondary N) is 2. The number of anilines is 1. The van der Waals surface area contributed by atoms with Gasteiger partial charge < -0.3 is 5.32 Å². The van der Waals surface area contributed by atoms with E-state index in [1.807, 2.05) is 37.3 Å². The lowest BCUT2D eigenvalue weighted by molar-refractivity contribution is 0.585. The number of benzene rings is 1. The molecule has 3 rings (SSSR count). The van der Waals surface area contributed by atoms with Crippen LogP contribution in [0.15, 0.2) is 46.7 Å². The monoisotopic (exact) mass is 381 g/mol. The van der Waals surface area contributed by atoms with Gasteiger partial charge in [0.15, 0.2) is 0 Å². The lowest BCUT2D eigenvalue weighted by Gasteiger charge is -2.09. The van der Waals surface area contributed by atoms with Crippen LogP contribution in [0.5, 0.6) is 0 Å². The number of halogens is 1. The van der Waals surface area contributed by atoms with E-state index in [-0.39, 0.29) is 6.54 Å². The van der Waals surface area contributed by atoms with Crippen LogP contribution >= 0.6 is 22.9 Å². The van der Waals surface area contributed by atoms with Gasteiger partial charge >= 0.3 is 0 Å². The molecule has 24 heavy (non-hydrogen) atoms. The van der Waals surface area contributed by atoms with Crippen LogP contribution in [0.2, 0.25) is 5.15 Å². The minimum atomic E-state index is -3.45. The average Bonchev–Trinajstić information content (AvgIpc) is 2.99. The number of aryl methyl sites for hydroxylation is 1. The zero-order chi connectivity index (χ0) is 17.2. The van der Waals surface area contributed by atoms with E-state index in [1.54, 1.807) is 12.1 Å². The molecule has 8 heteroatoms. The van der Waals surface area contributed by atoms with Crippen molar-refractivity contribution in [3.05, 3.63) is 52.5 Å². The molecule has 0 spiro atoms. The molecule has 0 atom stereocenters. The van der Waals surface area contributed by atoms with Crippen LogP contribution in [-0.2, 0) is 10.0 Å². The van der Waals surface area contributed by atoms with Crippen molar-refractivity contribution < 1.29 is 8.42 Å². The Labute approximate surface area is 149 Å². The zero-order valence-corrected chi connectivity index (χ0v) is 15.3. The molecule has 0 aliphatic heterocycles. The van der Waals surface area contributed by atoms with Gasteiger partial charge in [-0.2, -0.15) is 0 Å². The summed E-state index contributed by atoms with van der Waals surface area (Å²) >= 11 is 7.42. The maximum absolute atomic E-state index is 12.1. The van der Waals surface area contributed by atoms with Crippen molar-refractivity contribution in [3.8, 4) is 0 Å². The van der Waals surface area contributed by atoms with Crippen molar-refractivity contribution in [3.63, 3.8) is 0 Å². The van der Waals surface area contributed by atoms with Crippen molar-refractivity contribution in [2.45, 2.75) is 11.1 Å². The molecule has 0 aliphatic rings. The Balaban J connectivity index is 1.61. The Morgan fingerprint density at radius 2 is 1.96 bits per heavy atom. The second-order valence-electron chi connectivity index (χ2n) is 5.21. The topological polar surface area (TPSA) is 71.1 Å². The molecular weight excluding hydrogens is 366 g/mol. The van der Waals surface area contributed by atoms with Crippen molar-refractivity contribution in [2.75, 3.05) is 18.4 Å². The first kappa shape index (κ1) is 17.2. The summed E-state index contributed by atoms with van der Waals surface area (Å²) in [7, 11) is -3.45. The standard InChI is InChI=1S/C16H16ClN3O2S2/c1-11-6-7-15(23-11)24(21,22)19-9-8-18-14-10-12-4-2-3-5-13(12)16(17)20-14/h2-7,10,19H,8-9H2,1H3,(H,18,20). The van der Waals surface area contributed by atoms with Crippen molar-refractivity contribution in [1.29, 1.82) is 0 Å². The van der Waals surface area contributed by atoms with E-state index in [2.05, 4.69) is 15.0 Å². The predicted octanol–water partition coefficient (Wildman–Crippen LogP) is 3.65. The molecule has 0 aliphatic carbocycles. The second-order valence-corrected chi connectivity index (χ2v) is 8.85. The number of nitrogens with zero attached hydrogens (tertiary/aromatic N) is 1. The third kappa shape index (κ3) is 3.87. The minimum absolute atomic E-state index is 0.255. The number of hydrogen-bond acceptors (Lipinski definition) is 5. The summed E-state index contributed by atoms with van der Waals surface area (Å²) in [5, 5.41) is 5.38. The maximum Gasteiger partial charge on any atom is 0.250 e. The van der Waals surface area contributed by atoms with Crippen LogP contribution in [0, 0.1) is 6.92 Å². The van der Waals surface area contributed by atoms with E-state index >= 15 is 0 Å². The zero-order valence-electron chi connectivity index (χ0n) is 12.9. The number of fused-ring (bicyclic) bond motifs is 1. The quantitative estimate of drug-likeness (QED) is 0.505. The van der Waals surface area contributed by atoms with Crippen LogP contribution < -0.4 is 10.0 Å². The van der Waals surface area contributed by atoms with Crippen LogP contribution in [0.3, 0.4) is 0 Å². The molecule has 0 fully saturated rings. The van der Waals surface area contributed by atoms with E-state index in [9.17, 15) is 8.42 Å². The molecule has 5 nitrogen and oxygen atoms in total. The van der Waals surface area contributed by atoms with Gasteiger partial charge in [-0.25, -0.2) is 18.1 Å². The summed E-state index contributed by atoms with van der Waals surface area (Å²) in [5.74, 6) is 0.616. The number of sulfonamides is 1. The highest BCUT2D eigenvalue weighted by atomic mass is 35.5. The Bertz CT molecular complexity index is 970. The van der Waals surface area contributed by atoms with Gasteiger partial charge in [0.1, 0.15) is 15.2 Å². The molecule has 2 N–H and O–H groups in total. The fourth-order valence-electron chi connectivity index (χ4n) is 2.25. The van der Waals surface area contributed by atoms with Gasteiger partial charge in [0, 0.05) is 23.4 Å². The highest BCUT2D eigenvalue weighted by molar-refractivity contribution is 7.91. The van der Waals surface area contributed by atoms with Crippen molar-refractivity contribution in [1.82, 2.24) is 9.71 Å². The van der Waals surface area contributed by atoms with Gasteiger partial charge in [-0.3, -0.25) is 0 Å². The highest BCUT2D eigenvalue weighted by Crippen LogP contribution is 2.24. The number of pyridine rings is 1. The fourth-order valence-corrected chi connectivity index (χ4v) is 4.87. The largest absolute Gasteiger partial charge is 0.369 e. The first-order valence-corrected chi connectivity index (χ1v) is 9.99. The Morgan fingerprint density at radius 1 is 1.17 bits per heavy atom. The highest BCUT2D eigenvalue weighted by Gasteiger charge is 2.15. The lowest BCUT2D eigenvalue weighted by Crippen LogP contribution is -2.28. The molecule has 0 unspecified atom stereocenters. The van der Waals surface area contributed by atoms with Gasteiger partial charge in [-0.05, 0) is 30.5 Å². The molecule has 1 aromatic carbocycles. The summed E-state index contributed by atoms with van der Waals surface area (Å²) in [6.07, 6.45) is 0. The van der Waals surface area contributed by atoms with Crippen LogP contribution in [-0.4, -0.2) is 26.5 Å². The van der Waals surface area contributed by atoms with Crippen LogP contribution in [0.4, 0.5) is 5.82 Å². The van der Waals surface area contributed by atoms with Crippen molar-refractivity contribution in [2.24, 2.45) is 0 Å². The van der Waals surface area contributed by atoms with Gasteiger partial charge in [0.25, 0.3) is 0 Å². The third-order valence-corrected chi connectivity index (χ3v) is 6.64. The average molecular weight is 382 g/mol. The Morgan fingerprint density at radius 3 is 2.71 bits per heavy atom. The number of hydrogen-bond donors (Lipinski definition) is 2. The summed E-state index contributed by atoms with van der Waals surface area (Å²) in [6.45, 7) is 2.54. The van der Waals surface area contributed by atoms with E-state index in [4.69, 9.17) is 11.6 Å². The normalized spacial score (nSPS) is 11.8. The fraction of sp³-hybridized carbons (Fsp3) is 0.188. The first-order valence-electron chi connectivity index (χ1n) is 7.31. The van der Waals surface area contributed by atoms with Gasteiger partial charge in [0.05, 0.1) is 0 Å². The summed E-state index contributed by atoms with van der Waals surface area (Å²) < 4.78 is 27.1. The molecule has 2 heterocycles. The molecule has 0 amide bonds. The Hall–Kier alpha value is -1.67. The van der Waals surface area contributed by atoms with E-state index in [1.165, 1.54) is 11.3 Å². The molecule has 2 aromatic heterocycles. The SMILES string of the molecule is Cc1ccc(S(=O)(=O)NCCNc2cc3ccccc3c(Cl)n2)s1. The lowest BCUT2D eigenvalue weighted by atomic mass is 10.2. The molecule has 0 bridgehead atoms. The maximum atomic E-state index is 12.1. The molecule has 0 saturated heterocycles. The predicted molar refractivity (Wildman–Crippen MR) is 99.5 cm³/mol. The van der Waals surface area contributed by atoms with E-state index in [0.717, 1.165) is 15.6 Å². The Kier molecular flexibility index (Phi) is 5.05. The van der Waals surface area contributed by atoms with Crippen LogP contribution in [0.25, 0.3) is 10.8 Å². The number of rotatable bonds is 6. The molecule has 3 aromatic rings. The van der Waals surface area contributed by atoms with Crippen molar-refractivity contribution >= 4 is 49.6 Å². The van der Waals surface area contributed by atoms with E-state index < -0.39 is 10.0 Å². The van der Waals surface area contributed by atoms with Gasteiger partial charge in [-0.1, -0.05) is 35.9 Å². The van der Waals surface area contributed by atoms with Gasteiger partial charge in [-0.15, -0.1) is 11.3 Å². The first-order chi connectivity index (χ1) is 11.5. The minimum Gasteiger partial charge on any atom is -0.369 e. The molecular formula is C16H16ClN3O2S2. The molecule has 126 valence electrons. The molecule has 0 radical (unpaired) electrons. The third-order valence-electron chi connectivity index (χ3n) is 3.40. The molecule has 0 saturated carbocycles.